The second-order valence-electron chi connectivity index (χ2n) is 6.64. The van der Waals surface area contributed by atoms with E-state index in [2.05, 4.69) is 62.0 Å². The number of likely N-dealkylation sites (tertiary alicyclic amines) is 1. The van der Waals surface area contributed by atoms with Crippen LogP contribution in [0.25, 0.3) is 0 Å². The first-order valence-corrected chi connectivity index (χ1v) is 7.13. The molecular weight excluding hydrogens is 234 g/mol. The third kappa shape index (κ3) is 3.48. The Morgan fingerprint density at radius 3 is 2.42 bits per heavy atom. The van der Waals surface area contributed by atoms with E-state index in [0.29, 0.717) is 0 Å². The number of hydrogen-bond donors (Lipinski definition) is 1. The molecule has 1 aliphatic heterocycles. The minimum Gasteiger partial charge on any atom is -0.378 e. The van der Waals surface area contributed by atoms with Crippen LogP contribution in [0.1, 0.15) is 25.8 Å². The van der Waals surface area contributed by atoms with Crippen LogP contribution in [-0.4, -0.2) is 38.1 Å². The lowest BCUT2D eigenvalue weighted by Crippen LogP contribution is -2.52. The number of benzene rings is 1. The molecule has 0 spiro atoms. The van der Waals surface area contributed by atoms with Gasteiger partial charge in [-0.1, -0.05) is 26.0 Å². The highest BCUT2D eigenvalue weighted by molar-refractivity contribution is 5.45. The van der Waals surface area contributed by atoms with Crippen LogP contribution in [0.2, 0.25) is 0 Å². The standard InChI is InChI=1S/C16H27N3/c1-16(2)9-10-19(12-15(16)17)11-13-5-7-14(8-6-13)18(3)4/h5-8,15H,9-12,17H2,1-4H3. The van der Waals surface area contributed by atoms with Crippen molar-refractivity contribution in [1.29, 1.82) is 0 Å². The fourth-order valence-corrected chi connectivity index (χ4v) is 2.55. The summed E-state index contributed by atoms with van der Waals surface area (Å²) >= 11 is 0. The summed E-state index contributed by atoms with van der Waals surface area (Å²) in [5, 5.41) is 0. The first kappa shape index (κ1) is 14.4. The summed E-state index contributed by atoms with van der Waals surface area (Å²) in [5.74, 6) is 0. The molecule has 1 aliphatic rings. The van der Waals surface area contributed by atoms with Crippen molar-refractivity contribution in [3.8, 4) is 0 Å². The van der Waals surface area contributed by atoms with Crippen molar-refractivity contribution < 1.29 is 0 Å². The molecule has 19 heavy (non-hydrogen) atoms. The van der Waals surface area contributed by atoms with Crippen LogP contribution in [0.4, 0.5) is 5.69 Å². The van der Waals surface area contributed by atoms with E-state index in [1.807, 2.05) is 0 Å². The van der Waals surface area contributed by atoms with Gasteiger partial charge in [-0.3, -0.25) is 4.90 Å². The van der Waals surface area contributed by atoms with Gasteiger partial charge in [-0.25, -0.2) is 0 Å². The van der Waals surface area contributed by atoms with Gasteiger partial charge in [-0.2, -0.15) is 0 Å². The zero-order valence-electron chi connectivity index (χ0n) is 12.7. The second kappa shape index (κ2) is 5.51. The minimum absolute atomic E-state index is 0.280. The van der Waals surface area contributed by atoms with Gasteiger partial charge in [0.2, 0.25) is 0 Å². The first-order chi connectivity index (χ1) is 8.88. The second-order valence-corrected chi connectivity index (χ2v) is 6.64. The molecule has 1 atom stereocenters. The van der Waals surface area contributed by atoms with Crippen molar-refractivity contribution >= 4 is 5.69 Å². The largest absolute Gasteiger partial charge is 0.378 e. The van der Waals surface area contributed by atoms with E-state index >= 15 is 0 Å². The molecule has 1 heterocycles. The van der Waals surface area contributed by atoms with E-state index in [4.69, 9.17) is 5.73 Å². The van der Waals surface area contributed by atoms with Gasteiger partial charge in [0.15, 0.2) is 0 Å². The van der Waals surface area contributed by atoms with Gasteiger partial charge in [0, 0.05) is 38.9 Å². The van der Waals surface area contributed by atoms with Gasteiger partial charge in [0.05, 0.1) is 0 Å². The molecule has 3 heteroatoms. The summed E-state index contributed by atoms with van der Waals surface area (Å²) in [7, 11) is 4.14. The number of rotatable bonds is 3. The van der Waals surface area contributed by atoms with Crippen molar-refractivity contribution in [2.24, 2.45) is 11.1 Å². The maximum Gasteiger partial charge on any atom is 0.0361 e. The first-order valence-electron chi connectivity index (χ1n) is 7.13. The summed E-state index contributed by atoms with van der Waals surface area (Å²) in [6.45, 7) is 7.72. The Balaban J connectivity index is 1.95. The zero-order chi connectivity index (χ0) is 14.0. The van der Waals surface area contributed by atoms with E-state index in [9.17, 15) is 0 Å². The van der Waals surface area contributed by atoms with Gasteiger partial charge < -0.3 is 10.6 Å². The molecule has 0 bridgehead atoms. The zero-order valence-corrected chi connectivity index (χ0v) is 12.7. The molecule has 2 rings (SSSR count). The number of nitrogens with two attached hydrogens (primary N) is 1. The predicted octanol–water partition coefficient (Wildman–Crippen LogP) is 2.31. The Kier molecular flexibility index (Phi) is 4.16. The maximum atomic E-state index is 6.27. The average molecular weight is 261 g/mol. The molecule has 1 unspecified atom stereocenters. The number of hydrogen-bond acceptors (Lipinski definition) is 3. The molecule has 1 aromatic rings. The Morgan fingerprint density at radius 2 is 1.89 bits per heavy atom. The normalized spacial score (nSPS) is 23.3. The van der Waals surface area contributed by atoms with Gasteiger partial charge in [-0.05, 0) is 36.1 Å². The summed E-state index contributed by atoms with van der Waals surface area (Å²) in [5.41, 5.74) is 9.18. The predicted molar refractivity (Wildman–Crippen MR) is 82.4 cm³/mol. The Morgan fingerprint density at radius 1 is 1.26 bits per heavy atom. The minimum atomic E-state index is 0.280. The van der Waals surface area contributed by atoms with Crippen molar-refractivity contribution in [1.82, 2.24) is 4.90 Å². The molecule has 0 aromatic heterocycles. The summed E-state index contributed by atoms with van der Waals surface area (Å²) in [6, 6.07) is 9.09. The van der Waals surface area contributed by atoms with Gasteiger partial charge in [0.25, 0.3) is 0 Å². The Labute approximate surface area is 117 Å². The molecule has 0 aliphatic carbocycles. The van der Waals surface area contributed by atoms with Gasteiger partial charge >= 0.3 is 0 Å². The molecular formula is C16H27N3. The van der Waals surface area contributed by atoms with Crippen LogP contribution in [0.3, 0.4) is 0 Å². The SMILES string of the molecule is CN(C)c1ccc(CN2CCC(C)(C)C(N)C2)cc1. The molecule has 106 valence electrons. The quantitative estimate of drug-likeness (QED) is 0.906. The topological polar surface area (TPSA) is 32.5 Å². The van der Waals surface area contributed by atoms with Crippen molar-refractivity contribution in [3.63, 3.8) is 0 Å². The monoisotopic (exact) mass is 261 g/mol. The number of piperidine rings is 1. The Hall–Kier alpha value is -1.06. The van der Waals surface area contributed by atoms with Gasteiger partial charge in [-0.15, -0.1) is 0 Å². The maximum absolute atomic E-state index is 6.27. The van der Waals surface area contributed by atoms with E-state index in [-0.39, 0.29) is 11.5 Å². The van der Waals surface area contributed by atoms with Crippen molar-refractivity contribution in [3.05, 3.63) is 29.8 Å². The lowest BCUT2D eigenvalue weighted by Gasteiger charge is -2.42. The van der Waals surface area contributed by atoms with Crippen molar-refractivity contribution in [2.45, 2.75) is 32.9 Å². The summed E-state index contributed by atoms with van der Waals surface area (Å²) in [6.07, 6.45) is 1.18. The molecule has 1 aromatic carbocycles. The third-order valence-corrected chi connectivity index (χ3v) is 4.39. The van der Waals surface area contributed by atoms with Crippen LogP contribution < -0.4 is 10.6 Å². The van der Waals surface area contributed by atoms with Crippen LogP contribution in [0.5, 0.6) is 0 Å². The molecule has 1 fully saturated rings. The molecule has 1 saturated heterocycles. The van der Waals surface area contributed by atoms with Crippen molar-refractivity contribution in [2.75, 3.05) is 32.1 Å². The highest BCUT2D eigenvalue weighted by Gasteiger charge is 2.32. The fraction of sp³-hybridized carbons (Fsp3) is 0.625. The third-order valence-electron chi connectivity index (χ3n) is 4.39. The lowest BCUT2D eigenvalue weighted by atomic mass is 9.78. The van der Waals surface area contributed by atoms with Gasteiger partial charge in [0.1, 0.15) is 0 Å². The van der Waals surface area contributed by atoms with E-state index in [1.165, 1.54) is 17.7 Å². The summed E-state index contributed by atoms with van der Waals surface area (Å²) in [4.78, 5) is 4.60. The lowest BCUT2D eigenvalue weighted by molar-refractivity contribution is 0.101. The van der Waals surface area contributed by atoms with Crippen LogP contribution in [0.15, 0.2) is 24.3 Å². The smallest absolute Gasteiger partial charge is 0.0361 e. The van der Waals surface area contributed by atoms with E-state index in [0.717, 1.165) is 19.6 Å². The molecule has 0 amide bonds. The fourth-order valence-electron chi connectivity index (χ4n) is 2.55. The Bertz CT molecular complexity index is 409. The highest BCUT2D eigenvalue weighted by atomic mass is 15.1. The summed E-state index contributed by atoms with van der Waals surface area (Å²) < 4.78 is 0. The van der Waals surface area contributed by atoms with Crippen LogP contribution in [-0.2, 0) is 6.54 Å². The van der Waals surface area contributed by atoms with E-state index < -0.39 is 0 Å². The highest BCUT2D eigenvalue weighted by Crippen LogP contribution is 2.29. The average Bonchev–Trinajstić information content (AvgIpc) is 2.35. The molecule has 2 N–H and O–H groups in total. The molecule has 3 nitrogen and oxygen atoms in total. The molecule has 0 radical (unpaired) electrons. The van der Waals surface area contributed by atoms with Crippen LogP contribution in [0, 0.1) is 5.41 Å². The number of nitrogens with zero attached hydrogens (tertiary/aromatic N) is 2. The van der Waals surface area contributed by atoms with E-state index in [1.54, 1.807) is 0 Å². The molecule has 0 saturated carbocycles. The van der Waals surface area contributed by atoms with Crippen LogP contribution >= 0.6 is 0 Å². The number of anilines is 1.